The fourth-order valence-corrected chi connectivity index (χ4v) is 2.52. The molecule has 0 aliphatic heterocycles. The average molecular weight is 227 g/mol. The van der Waals surface area contributed by atoms with Crippen molar-refractivity contribution in [2.45, 2.75) is 65.3 Å². The van der Waals surface area contributed by atoms with Crippen LogP contribution in [-0.4, -0.2) is 23.8 Å². The first-order chi connectivity index (χ1) is 7.39. The van der Waals surface area contributed by atoms with Gasteiger partial charge in [0.2, 0.25) is 0 Å². The predicted molar refractivity (Wildman–Crippen MR) is 69.5 cm³/mol. The summed E-state index contributed by atoms with van der Waals surface area (Å²) >= 11 is 0. The molecule has 0 radical (unpaired) electrons. The lowest BCUT2D eigenvalue weighted by Crippen LogP contribution is -2.43. The van der Waals surface area contributed by atoms with Crippen molar-refractivity contribution in [1.29, 1.82) is 0 Å². The van der Waals surface area contributed by atoms with E-state index in [4.69, 9.17) is 0 Å². The minimum Gasteiger partial charge on any atom is -0.396 e. The van der Waals surface area contributed by atoms with Gasteiger partial charge in [0.15, 0.2) is 0 Å². The Bertz CT molecular complexity index is 217. The highest BCUT2D eigenvalue weighted by Gasteiger charge is 2.33. The third-order valence-electron chi connectivity index (χ3n) is 4.11. The summed E-state index contributed by atoms with van der Waals surface area (Å²) in [6.45, 7) is 10.5. The molecule has 2 nitrogen and oxygen atoms in total. The molecule has 96 valence electrons. The van der Waals surface area contributed by atoms with Crippen LogP contribution in [0.3, 0.4) is 0 Å². The van der Waals surface area contributed by atoms with Gasteiger partial charge in [0, 0.05) is 12.1 Å². The number of aliphatic hydroxyl groups is 1. The molecule has 2 N–H and O–H groups in total. The molecule has 1 saturated carbocycles. The summed E-state index contributed by atoms with van der Waals surface area (Å²) < 4.78 is 0. The Balaban J connectivity index is 2.50. The van der Waals surface area contributed by atoms with Crippen LogP contribution in [0, 0.1) is 11.3 Å². The lowest BCUT2D eigenvalue weighted by molar-refractivity contribution is 0.122. The lowest BCUT2D eigenvalue weighted by Gasteiger charge is -2.32. The van der Waals surface area contributed by atoms with E-state index in [0.29, 0.717) is 12.5 Å². The molecule has 0 heterocycles. The van der Waals surface area contributed by atoms with E-state index in [-0.39, 0.29) is 11.0 Å². The zero-order valence-electron chi connectivity index (χ0n) is 11.5. The van der Waals surface area contributed by atoms with Gasteiger partial charge in [-0.05, 0) is 50.5 Å². The van der Waals surface area contributed by atoms with Crippen LogP contribution in [0.5, 0.6) is 0 Å². The molecule has 0 aromatic rings. The largest absolute Gasteiger partial charge is 0.396 e. The third-order valence-corrected chi connectivity index (χ3v) is 4.11. The molecule has 2 heteroatoms. The Labute approximate surface area is 101 Å². The van der Waals surface area contributed by atoms with E-state index >= 15 is 0 Å². The molecular weight excluding hydrogens is 198 g/mol. The standard InChI is InChI=1S/C14H29NO/c1-12(2)10-15-14(4)7-5-6-13(3,11-16)8-9-14/h12,15-16H,5-11H2,1-4H3. The number of nitrogens with one attached hydrogen (secondary N) is 1. The highest BCUT2D eigenvalue weighted by Crippen LogP contribution is 2.37. The first-order valence-electron chi connectivity index (χ1n) is 6.75. The summed E-state index contributed by atoms with van der Waals surface area (Å²) in [4.78, 5) is 0. The third kappa shape index (κ3) is 4.06. The molecule has 0 amide bonds. The quantitative estimate of drug-likeness (QED) is 0.724. The van der Waals surface area contributed by atoms with Crippen LogP contribution in [0.15, 0.2) is 0 Å². The topological polar surface area (TPSA) is 32.3 Å². The predicted octanol–water partition coefficient (Wildman–Crippen LogP) is 2.95. The summed E-state index contributed by atoms with van der Waals surface area (Å²) in [5.41, 5.74) is 0.453. The van der Waals surface area contributed by atoms with Crippen molar-refractivity contribution >= 4 is 0 Å². The van der Waals surface area contributed by atoms with Gasteiger partial charge in [-0.25, -0.2) is 0 Å². The second-order valence-corrected chi connectivity index (χ2v) is 6.66. The fourth-order valence-electron chi connectivity index (χ4n) is 2.52. The van der Waals surface area contributed by atoms with Gasteiger partial charge in [-0.1, -0.05) is 27.2 Å². The van der Waals surface area contributed by atoms with Crippen molar-refractivity contribution in [1.82, 2.24) is 5.32 Å². The van der Waals surface area contributed by atoms with E-state index in [1.54, 1.807) is 0 Å². The fraction of sp³-hybridized carbons (Fsp3) is 1.00. The van der Waals surface area contributed by atoms with Gasteiger partial charge >= 0.3 is 0 Å². The lowest BCUT2D eigenvalue weighted by atomic mass is 9.82. The minimum atomic E-state index is 0.164. The van der Waals surface area contributed by atoms with Gasteiger partial charge < -0.3 is 10.4 Å². The van der Waals surface area contributed by atoms with Crippen LogP contribution in [0.1, 0.15) is 59.8 Å². The van der Waals surface area contributed by atoms with Crippen molar-refractivity contribution in [2.24, 2.45) is 11.3 Å². The van der Waals surface area contributed by atoms with Gasteiger partial charge in [0.1, 0.15) is 0 Å². The Hall–Kier alpha value is -0.0800. The van der Waals surface area contributed by atoms with Crippen molar-refractivity contribution < 1.29 is 5.11 Å². The Morgan fingerprint density at radius 1 is 1.12 bits per heavy atom. The first-order valence-corrected chi connectivity index (χ1v) is 6.75. The van der Waals surface area contributed by atoms with Crippen molar-refractivity contribution in [2.75, 3.05) is 13.2 Å². The van der Waals surface area contributed by atoms with E-state index in [0.717, 1.165) is 13.0 Å². The Kier molecular flexibility index (Phi) is 4.81. The summed E-state index contributed by atoms with van der Waals surface area (Å²) in [7, 11) is 0. The highest BCUT2D eigenvalue weighted by atomic mass is 16.3. The molecule has 1 aliphatic carbocycles. The van der Waals surface area contributed by atoms with Gasteiger partial charge in [0.05, 0.1) is 0 Å². The van der Waals surface area contributed by atoms with Crippen molar-refractivity contribution in [3.63, 3.8) is 0 Å². The zero-order chi connectivity index (χ0) is 12.2. The monoisotopic (exact) mass is 227 g/mol. The van der Waals surface area contributed by atoms with Gasteiger partial charge in [-0.3, -0.25) is 0 Å². The van der Waals surface area contributed by atoms with Crippen LogP contribution in [0.4, 0.5) is 0 Å². The summed E-state index contributed by atoms with van der Waals surface area (Å²) in [5.74, 6) is 0.712. The Morgan fingerprint density at radius 3 is 2.38 bits per heavy atom. The van der Waals surface area contributed by atoms with Crippen molar-refractivity contribution in [3.8, 4) is 0 Å². The SMILES string of the molecule is CC(C)CNC1(C)CCCC(C)(CO)CC1. The van der Waals surface area contributed by atoms with Crippen LogP contribution in [0.2, 0.25) is 0 Å². The Morgan fingerprint density at radius 2 is 1.81 bits per heavy atom. The van der Waals surface area contributed by atoms with Gasteiger partial charge in [-0.15, -0.1) is 0 Å². The maximum atomic E-state index is 9.44. The normalized spacial score (nSPS) is 36.4. The van der Waals surface area contributed by atoms with E-state index in [1.807, 2.05) is 0 Å². The first kappa shape index (κ1) is 14.0. The minimum absolute atomic E-state index is 0.164. The maximum absolute atomic E-state index is 9.44. The maximum Gasteiger partial charge on any atom is 0.0484 e. The molecule has 1 rings (SSSR count). The average Bonchev–Trinajstić information content (AvgIpc) is 2.38. The number of hydrogen-bond acceptors (Lipinski definition) is 2. The molecule has 16 heavy (non-hydrogen) atoms. The molecule has 0 aromatic carbocycles. The van der Waals surface area contributed by atoms with Gasteiger partial charge in [0.25, 0.3) is 0 Å². The molecule has 1 aliphatic rings. The van der Waals surface area contributed by atoms with Crippen LogP contribution in [0.25, 0.3) is 0 Å². The summed E-state index contributed by atoms with van der Waals surface area (Å²) in [5, 5.41) is 13.2. The van der Waals surface area contributed by atoms with Crippen molar-refractivity contribution in [3.05, 3.63) is 0 Å². The summed E-state index contributed by atoms with van der Waals surface area (Å²) in [6, 6.07) is 0. The molecule has 0 bridgehead atoms. The molecule has 2 atom stereocenters. The molecular formula is C14H29NO. The number of hydrogen-bond donors (Lipinski definition) is 2. The molecule has 0 saturated heterocycles. The smallest absolute Gasteiger partial charge is 0.0484 e. The van der Waals surface area contributed by atoms with Crippen LogP contribution in [-0.2, 0) is 0 Å². The summed E-state index contributed by atoms with van der Waals surface area (Å²) in [6.07, 6.45) is 5.98. The van der Waals surface area contributed by atoms with Gasteiger partial charge in [-0.2, -0.15) is 0 Å². The molecule has 2 unspecified atom stereocenters. The van der Waals surface area contributed by atoms with E-state index in [9.17, 15) is 5.11 Å². The number of rotatable bonds is 4. The van der Waals surface area contributed by atoms with E-state index in [1.165, 1.54) is 25.7 Å². The number of aliphatic hydroxyl groups excluding tert-OH is 1. The van der Waals surface area contributed by atoms with Crippen LogP contribution >= 0.6 is 0 Å². The van der Waals surface area contributed by atoms with E-state index in [2.05, 4.69) is 33.0 Å². The van der Waals surface area contributed by atoms with Crippen LogP contribution < -0.4 is 5.32 Å². The second kappa shape index (κ2) is 5.50. The highest BCUT2D eigenvalue weighted by molar-refractivity contribution is 4.90. The second-order valence-electron chi connectivity index (χ2n) is 6.66. The molecule has 0 spiro atoms. The molecule has 1 fully saturated rings. The van der Waals surface area contributed by atoms with E-state index < -0.39 is 0 Å². The molecule has 0 aromatic heterocycles. The zero-order valence-corrected chi connectivity index (χ0v) is 11.5.